The summed E-state index contributed by atoms with van der Waals surface area (Å²) in [5, 5.41) is 0. The van der Waals surface area contributed by atoms with Crippen molar-refractivity contribution in [3.63, 3.8) is 0 Å². The number of alkyl halides is 12. The van der Waals surface area contributed by atoms with Crippen molar-refractivity contribution in [1.82, 2.24) is 0 Å². The van der Waals surface area contributed by atoms with Crippen molar-refractivity contribution in [2.75, 3.05) is 0 Å². The molecule has 0 aromatic rings. The minimum Gasteiger partial charge on any atom is -0.457 e. The van der Waals surface area contributed by atoms with Gasteiger partial charge in [-0.15, -0.1) is 0 Å². The van der Waals surface area contributed by atoms with E-state index in [9.17, 15) is 62.3 Å². The SMILES string of the molecule is C[C@]12CCC(OC(=O)C(F)(F)C(F)(F)F)=CC1=CC[C@@H]1[C@@H]2CC[C@]2(C)C(OC(=O)C(F)(F)C(F)(F)C(F)(F)F)CC[C@@H]12. The fraction of sp³-hybridized carbons (Fsp3) is 0.769. The molecular weight excluding hydrogens is 604 g/mol. The van der Waals surface area contributed by atoms with Gasteiger partial charge in [0.15, 0.2) is 0 Å². The highest BCUT2D eigenvalue weighted by Gasteiger charge is 2.77. The van der Waals surface area contributed by atoms with Crippen LogP contribution < -0.4 is 0 Å². The first-order valence-electron chi connectivity index (χ1n) is 13.0. The van der Waals surface area contributed by atoms with E-state index < -0.39 is 59.0 Å². The van der Waals surface area contributed by atoms with Crippen LogP contribution in [-0.2, 0) is 19.1 Å². The highest BCUT2D eigenvalue weighted by atomic mass is 19.4. The third-order valence-corrected chi connectivity index (χ3v) is 9.74. The first-order valence-corrected chi connectivity index (χ1v) is 13.0. The third kappa shape index (κ3) is 4.78. The maximum atomic E-state index is 13.9. The summed E-state index contributed by atoms with van der Waals surface area (Å²) in [6.07, 6.45) is -10.0. The van der Waals surface area contributed by atoms with Crippen molar-refractivity contribution >= 4 is 11.9 Å². The van der Waals surface area contributed by atoms with Gasteiger partial charge >= 0.3 is 42.1 Å². The number of halogens is 12. The Hall–Kier alpha value is -2.42. The average molecular weight is 630 g/mol. The molecule has 6 atom stereocenters. The normalized spacial score (nSPS) is 34.0. The average Bonchev–Trinajstić information content (AvgIpc) is 3.18. The first-order chi connectivity index (χ1) is 18.9. The van der Waals surface area contributed by atoms with E-state index >= 15 is 0 Å². The van der Waals surface area contributed by atoms with E-state index in [2.05, 4.69) is 9.47 Å². The molecule has 0 aromatic heterocycles. The summed E-state index contributed by atoms with van der Waals surface area (Å²) in [6.45, 7) is 3.43. The molecule has 0 spiro atoms. The molecule has 4 aliphatic rings. The first kappa shape index (κ1) is 32.5. The lowest BCUT2D eigenvalue weighted by Crippen LogP contribution is -2.58. The van der Waals surface area contributed by atoms with E-state index in [-0.39, 0.29) is 49.2 Å². The third-order valence-electron chi connectivity index (χ3n) is 9.74. The maximum Gasteiger partial charge on any atom is 0.465 e. The molecule has 2 fully saturated rings. The second-order valence-electron chi connectivity index (χ2n) is 11.9. The minimum atomic E-state index is -6.69. The molecule has 0 saturated heterocycles. The van der Waals surface area contributed by atoms with Crippen molar-refractivity contribution < 1.29 is 71.7 Å². The summed E-state index contributed by atoms with van der Waals surface area (Å²) in [6, 6.07) is 0. The Morgan fingerprint density at radius 1 is 0.786 bits per heavy atom. The molecule has 0 N–H and O–H groups in total. The van der Waals surface area contributed by atoms with Gasteiger partial charge in [-0.1, -0.05) is 19.9 Å². The van der Waals surface area contributed by atoms with Crippen LogP contribution in [0.1, 0.15) is 58.8 Å². The number of rotatable bonds is 5. The van der Waals surface area contributed by atoms with Gasteiger partial charge in [0.2, 0.25) is 0 Å². The van der Waals surface area contributed by atoms with Gasteiger partial charge in [-0.2, -0.15) is 52.7 Å². The van der Waals surface area contributed by atoms with Gasteiger partial charge in [-0.05, 0) is 73.3 Å². The van der Waals surface area contributed by atoms with Crippen LogP contribution in [0.2, 0.25) is 0 Å². The van der Waals surface area contributed by atoms with Gasteiger partial charge in [0.1, 0.15) is 11.9 Å². The summed E-state index contributed by atoms with van der Waals surface area (Å²) < 4.78 is 166. The van der Waals surface area contributed by atoms with E-state index in [1.165, 1.54) is 6.08 Å². The Labute approximate surface area is 231 Å². The molecule has 4 nitrogen and oxygen atoms in total. The Morgan fingerprint density at radius 2 is 1.40 bits per heavy atom. The van der Waals surface area contributed by atoms with E-state index in [1.807, 2.05) is 6.92 Å². The summed E-state index contributed by atoms with van der Waals surface area (Å²) in [4.78, 5) is 23.5. The molecule has 0 radical (unpaired) electrons. The van der Waals surface area contributed by atoms with Crippen LogP contribution >= 0.6 is 0 Å². The fourth-order valence-electron chi connectivity index (χ4n) is 7.33. The number of hydrogen-bond acceptors (Lipinski definition) is 4. The fourth-order valence-corrected chi connectivity index (χ4v) is 7.33. The molecule has 238 valence electrons. The largest absolute Gasteiger partial charge is 0.465 e. The topological polar surface area (TPSA) is 52.6 Å². The quantitative estimate of drug-likeness (QED) is 0.229. The van der Waals surface area contributed by atoms with Crippen molar-refractivity contribution in [2.24, 2.45) is 28.6 Å². The highest BCUT2D eigenvalue weighted by Crippen LogP contribution is 2.65. The van der Waals surface area contributed by atoms with Crippen LogP contribution in [0.15, 0.2) is 23.5 Å². The van der Waals surface area contributed by atoms with Gasteiger partial charge in [0, 0.05) is 11.8 Å². The van der Waals surface area contributed by atoms with Crippen LogP contribution in [0, 0.1) is 28.6 Å². The van der Waals surface area contributed by atoms with E-state index in [1.54, 1.807) is 13.0 Å². The Balaban J connectivity index is 1.51. The van der Waals surface area contributed by atoms with Gasteiger partial charge in [-0.25, -0.2) is 9.59 Å². The van der Waals surface area contributed by atoms with Crippen molar-refractivity contribution in [2.45, 2.75) is 95.0 Å². The van der Waals surface area contributed by atoms with E-state index in [0.717, 1.165) is 0 Å². The lowest BCUT2D eigenvalue weighted by Gasteiger charge is -2.56. The molecule has 2 saturated carbocycles. The number of hydrogen-bond donors (Lipinski definition) is 0. The summed E-state index contributed by atoms with van der Waals surface area (Å²) in [7, 11) is 0. The Kier molecular flexibility index (Phi) is 7.58. The highest BCUT2D eigenvalue weighted by molar-refractivity contribution is 5.80. The molecular formula is C26H26F12O4. The lowest BCUT2D eigenvalue weighted by molar-refractivity contribution is -0.349. The standard InChI is InChI=1S/C26H26F12O4/c1-20-9-7-13(41-19(40)23(29,30)25(33,34)35)11-12(20)3-4-14-15-5-6-17(21(15,2)10-8-16(14)20)42-18(39)22(27,28)24(31,32)26(36,37)38/h3,11,14-17H,4-10H2,1-2H3/t14-,15-,16-,17?,20-,21-/m0/s1. The van der Waals surface area contributed by atoms with Crippen LogP contribution in [0.4, 0.5) is 52.7 Å². The van der Waals surface area contributed by atoms with E-state index in [0.29, 0.717) is 24.8 Å². The second-order valence-corrected chi connectivity index (χ2v) is 11.9. The zero-order chi connectivity index (χ0) is 31.9. The number of esters is 2. The number of carbonyl (C=O) groups is 2. The second kappa shape index (κ2) is 9.80. The van der Waals surface area contributed by atoms with Crippen molar-refractivity contribution in [1.29, 1.82) is 0 Å². The lowest BCUT2D eigenvalue weighted by atomic mass is 9.48. The predicted octanol–water partition coefficient (Wildman–Crippen LogP) is 7.93. The minimum absolute atomic E-state index is 0.0511. The molecule has 16 heteroatoms. The zero-order valence-corrected chi connectivity index (χ0v) is 22.1. The van der Waals surface area contributed by atoms with Crippen LogP contribution in [0.3, 0.4) is 0 Å². The van der Waals surface area contributed by atoms with Crippen LogP contribution in [-0.4, -0.2) is 48.2 Å². The molecule has 1 unspecified atom stereocenters. The molecule has 4 rings (SSSR count). The van der Waals surface area contributed by atoms with Gasteiger partial charge in [-0.3, -0.25) is 0 Å². The molecule has 0 aliphatic heterocycles. The van der Waals surface area contributed by atoms with Crippen LogP contribution in [0.5, 0.6) is 0 Å². The number of fused-ring (bicyclic) bond motifs is 5. The summed E-state index contributed by atoms with van der Waals surface area (Å²) in [5.41, 5.74) is -1.12. The summed E-state index contributed by atoms with van der Waals surface area (Å²) in [5.74, 6) is -25.2. The number of allylic oxidation sites excluding steroid dienone is 4. The van der Waals surface area contributed by atoms with Gasteiger partial charge in [0.05, 0.1) is 0 Å². The molecule has 0 bridgehead atoms. The molecule has 0 aromatic carbocycles. The number of ether oxygens (including phenoxy) is 2. The van der Waals surface area contributed by atoms with Gasteiger partial charge in [0.25, 0.3) is 0 Å². The zero-order valence-electron chi connectivity index (χ0n) is 22.1. The molecule has 0 amide bonds. The maximum absolute atomic E-state index is 13.9. The van der Waals surface area contributed by atoms with Crippen LogP contribution in [0.25, 0.3) is 0 Å². The Morgan fingerprint density at radius 3 is 1.98 bits per heavy atom. The Bertz CT molecular complexity index is 1190. The van der Waals surface area contributed by atoms with Crippen molar-refractivity contribution in [3.8, 4) is 0 Å². The number of carbonyl (C=O) groups excluding carboxylic acids is 2. The molecule has 0 heterocycles. The predicted molar refractivity (Wildman–Crippen MR) is 118 cm³/mol. The smallest absolute Gasteiger partial charge is 0.457 e. The van der Waals surface area contributed by atoms with Crippen molar-refractivity contribution in [3.05, 3.63) is 23.5 Å². The van der Waals surface area contributed by atoms with E-state index in [4.69, 9.17) is 0 Å². The monoisotopic (exact) mass is 630 g/mol. The summed E-state index contributed by atoms with van der Waals surface area (Å²) >= 11 is 0. The van der Waals surface area contributed by atoms with Gasteiger partial charge < -0.3 is 9.47 Å². The molecule has 42 heavy (non-hydrogen) atoms. The molecule has 4 aliphatic carbocycles.